The van der Waals surface area contributed by atoms with Gasteiger partial charge in [0.25, 0.3) is 10.0 Å². The first-order chi connectivity index (χ1) is 15.2. The van der Waals surface area contributed by atoms with Gasteiger partial charge in [-0.25, -0.2) is 13.2 Å². The fourth-order valence-electron chi connectivity index (χ4n) is 3.52. The second kappa shape index (κ2) is 8.12. The van der Waals surface area contributed by atoms with Crippen molar-refractivity contribution in [2.75, 3.05) is 4.31 Å². The Hall–Kier alpha value is -3.65. The lowest BCUT2D eigenvalue weighted by Gasteiger charge is -2.21. The molecule has 8 heteroatoms. The van der Waals surface area contributed by atoms with E-state index >= 15 is 0 Å². The summed E-state index contributed by atoms with van der Waals surface area (Å²) in [5.74, 6) is -1.27. The summed E-state index contributed by atoms with van der Waals surface area (Å²) in [6.45, 7) is 5.61. The number of fused-ring (bicyclic) bond motifs is 1. The number of hydrogen-bond donors (Lipinski definition) is 1. The number of nitrogens with zero attached hydrogens (tertiary/aromatic N) is 2. The van der Waals surface area contributed by atoms with Crippen LogP contribution >= 0.6 is 0 Å². The Morgan fingerprint density at radius 2 is 1.75 bits per heavy atom. The Morgan fingerprint density at radius 3 is 2.41 bits per heavy atom. The van der Waals surface area contributed by atoms with Crippen molar-refractivity contribution in [3.8, 4) is 0 Å². The van der Waals surface area contributed by atoms with E-state index in [1.54, 1.807) is 48.5 Å². The fraction of sp³-hybridized carbons (Fsp3) is 0.167. The number of carboxylic acid groups (broad SMARTS) is 1. The highest BCUT2D eigenvalue weighted by Crippen LogP contribution is 2.35. The Morgan fingerprint density at radius 1 is 1.03 bits per heavy atom. The standard InChI is InChI=1S/C24H22N2O5S/c1-15(2)19-11-10-18(14-20(19)23(27)28)32(29,30)26(17-7-5-4-6-8-17)24-25-21-13-16(3)9-12-22(21)31-24/h4-15H,1-3H3,(H,27,28). The molecule has 0 amide bonds. The normalized spacial score (nSPS) is 11.8. The number of aromatic nitrogens is 1. The van der Waals surface area contributed by atoms with E-state index in [0.29, 0.717) is 22.4 Å². The summed E-state index contributed by atoms with van der Waals surface area (Å²) in [6, 6.07) is 17.8. The number of carbonyl (C=O) groups is 1. The molecule has 0 saturated heterocycles. The molecule has 0 bridgehead atoms. The quantitative estimate of drug-likeness (QED) is 0.417. The second-order valence-corrected chi connectivity index (χ2v) is 9.57. The number of carboxylic acids is 1. The molecule has 7 nitrogen and oxygen atoms in total. The number of para-hydroxylation sites is 1. The van der Waals surface area contributed by atoms with Crippen LogP contribution in [0.25, 0.3) is 11.1 Å². The Bertz CT molecular complexity index is 1410. The molecule has 4 rings (SSSR count). The molecule has 0 radical (unpaired) electrons. The van der Waals surface area contributed by atoms with E-state index in [2.05, 4.69) is 4.98 Å². The third kappa shape index (κ3) is 3.85. The first-order valence-electron chi connectivity index (χ1n) is 10.0. The number of rotatable bonds is 6. The monoisotopic (exact) mass is 450 g/mol. The van der Waals surface area contributed by atoms with Gasteiger partial charge in [0.05, 0.1) is 16.1 Å². The highest BCUT2D eigenvalue weighted by molar-refractivity contribution is 7.93. The molecular formula is C24H22N2O5S. The topological polar surface area (TPSA) is 101 Å². The number of aryl methyl sites for hydroxylation is 1. The van der Waals surface area contributed by atoms with Gasteiger partial charge in [-0.1, -0.05) is 44.2 Å². The van der Waals surface area contributed by atoms with E-state index in [4.69, 9.17) is 4.42 Å². The lowest BCUT2D eigenvalue weighted by Crippen LogP contribution is -2.27. The van der Waals surface area contributed by atoms with Crippen LogP contribution in [0.1, 0.15) is 41.3 Å². The van der Waals surface area contributed by atoms with E-state index in [0.717, 1.165) is 9.87 Å². The predicted octanol–water partition coefficient (Wildman–Crippen LogP) is 5.48. The van der Waals surface area contributed by atoms with Crippen molar-refractivity contribution in [2.45, 2.75) is 31.6 Å². The zero-order chi connectivity index (χ0) is 23.0. The van der Waals surface area contributed by atoms with Gasteiger partial charge in [0.2, 0.25) is 0 Å². The van der Waals surface area contributed by atoms with Crippen molar-refractivity contribution in [1.29, 1.82) is 0 Å². The van der Waals surface area contributed by atoms with Crippen LogP contribution in [-0.4, -0.2) is 24.5 Å². The van der Waals surface area contributed by atoms with Crippen LogP contribution in [0.3, 0.4) is 0 Å². The van der Waals surface area contributed by atoms with Gasteiger partial charge < -0.3 is 9.52 Å². The molecule has 0 aliphatic heterocycles. The molecule has 0 spiro atoms. The zero-order valence-electron chi connectivity index (χ0n) is 17.8. The molecular weight excluding hydrogens is 428 g/mol. The molecule has 0 atom stereocenters. The molecule has 0 saturated carbocycles. The fourth-order valence-corrected chi connectivity index (χ4v) is 4.92. The minimum atomic E-state index is -4.25. The van der Waals surface area contributed by atoms with Crippen LogP contribution in [0.15, 0.2) is 76.0 Å². The smallest absolute Gasteiger partial charge is 0.336 e. The molecule has 0 unspecified atom stereocenters. The molecule has 1 aromatic heterocycles. The van der Waals surface area contributed by atoms with Gasteiger partial charge in [-0.2, -0.15) is 9.29 Å². The molecule has 3 aromatic carbocycles. The molecule has 0 fully saturated rings. The van der Waals surface area contributed by atoms with E-state index in [-0.39, 0.29) is 22.4 Å². The number of oxazole rings is 1. The van der Waals surface area contributed by atoms with Gasteiger partial charge in [-0.3, -0.25) is 0 Å². The second-order valence-electron chi connectivity index (χ2n) is 7.78. The van der Waals surface area contributed by atoms with E-state index in [1.165, 1.54) is 12.1 Å². The van der Waals surface area contributed by atoms with E-state index in [9.17, 15) is 18.3 Å². The van der Waals surface area contributed by atoms with Crippen molar-refractivity contribution in [2.24, 2.45) is 0 Å². The highest BCUT2D eigenvalue weighted by Gasteiger charge is 2.32. The summed E-state index contributed by atoms with van der Waals surface area (Å²) in [4.78, 5) is 16.1. The number of sulfonamides is 1. The number of hydrogen-bond acceptors (Lipinski definition) is 5. The van der Waals surface area contributed by atoms with Crippen molar-refractivity contribution >= 4 is 38.8 Å². The highest BCUT2D eigenvalue weighted by atomic mass is 32.2. The lowest BCUT2D eigenvalue weighted by atomic mass is 9.97. The number of benzene rings is 3. The summed E-state index contributed by atoms with van der Waals surface area (Å²) in [5, 5.41) is 9.66. The predicted molar refractivity (Wildman–Crippen MR) is 122 cm³/mol. The van der Waals surface area contributed by atoms with Crippen molar-refractivity contribution in [1.82, 2.24) is 4.98 Å². The van der Waals surface area contributed by atoms with Crippen LogP contribution < -0.4 is 4.31 Å². The first kappa shape index (κ1) is 21.6. The molecule has 1 heterocycles. The van der Waals surface area contributed by atoms with E-state index in [1.807, 2.05) is 26.8 Å². The maximum Gasteiger partial charge on any atom is 0.336 e. The summed E-state index contributed by atoms with van der Waals surface area (Å²) in [7, 11) is -4.25. The third-order valence-corrected chi connectivity index (χ3v) is 6.81. The largest absolute Gasteiger partial charge is 0.478 e. The van der Waals surface area contributed by atoms with Crippen LogP contribution in [0.4, 0.5) is 11.7 Å². The van der Waals surface area contributed by atoms with Gasteiger partial charge >= 0.3 is 12.0 Å². The lowest BCUT2D eigenvalue weighted by molar-refractivity contribution is 0.0695. The SMILES string of the molecule is Cc1ccc2oc(N(c3ccccc3)S(=O)(=O)c3ccc(C(C)C)c(C(=O)O)c3)nc2c1. The van der Waals surface area contributed by atoms with Gasteiger partial charge in [0.15, 0.2) is 5.58 Å². The molecule has 164 valence electrons. The molecule has 0 aliphatic carbocycles. The molecule has 1 N–H and O–H groups in total. The first-order valence-corrected chi connectivity index (χ1v) is 11.5. The third-order valence-electron chi connectivity index (χ3n) is 5.11. The van der Waals surface area contributed by atoms with Crippen molar-refractivity contribution in [3.05, 3.63) is 83.4 Å². The molecule has 4 aromatic rings. The minimum Gasteiger partial charge on any atom is -0.478 e. The van der Waals surface area contributed by atoms with Gasteiger partial charge in [0.1, 0.15) is 5.52 Å². The Labute approximate surface area is 186 Å². The van der Waals surface area contributed by atoms with Crippen LogP contribution in [0.5, 0.6) is 0 Å². The summed E-state index contributed by atoms with van der Waals surface area (Å²) < 4.78 is 34.3. The van der Waals surface area contributed by atoms with Crippen LogP contribution in [0, 0.1) is 6.92 Å². The van der Waals surface area contributed by atoms with Gasteiger partial charge in [-0.15, -0.1) is 0 Å². The number of anilines is 2. The average molecular weight is 451 g/mol. The summed E-state index contributed by atoms with van der Waals surface area (Å²) in [5.41, 5.74) is 2.75. The van der Waals surface area contributed by atoms with Gasteiger partial charge in [0, 0.05) is 0 Å². The Balaban J connectivity index is 1.93. The van der Waals surface area contributed by atoms with Crippen molar-refractivity contribution in [3.63, 3.8) is 0 Å². The summed E-state index contributed by atoms with van der Waals surface area (Å²) in [6.07, 6.45) is 0. The minimum absolute atomic E-state index is 0.0534. The number of aromatic carboxylic acids is 1. The van der Waals surface area contributed by atoms with E-state index < -0.39 is 16.0 Å². The maximum atomic E-state index is 13.8. The summed E-state index contributed by atoms with van der Waals surface area (Å²) >= 11 is 0. The van der Waals surface area contributed by atoms with Crippen LogP contribution in [-0.2, 0) is 10.0 Å². The Kier molecular flexibility index (Phi) is 5.48. The van der Waals surface area contributed by atoms with Crippen molar-refractivity contribution < 1.29 is 22.7 Å². The average Bonchev–Trinajstić information content (AvgIpc) is 3.16. The maximum absolute atomic E-state index is 13.8. The molecule has 0 aliphatic rings. The molecule has 32 heavy (non-hydrogen) atoms. The zero-order valence-corrected chi connectivity index (χ0v) is 18.6. The van der Waals surface area contributed by atoms with Gasteiger partial charge in [-0.05, 0) is 60.4 Å². The van der Waals surface area contributed by atoms with Crippen LogP contribution in [0.2, 0.25) is 0 Å².